The molecule has 34 heavy (non-hydrogen) atoms. The maximum atomic E-state index is 12.6. The number of ether oxygens (including phenoxy) is 3. The fourth-order valence-electron chi connectivity index (χ4n) is 4.75. The predicted octanol–water partition coefficient (Wildman–Crippen LogP) is 1.68. The minimum absolute atomic E-state index is 0.121. The van der Waals surface area contributed by atoms with E-state index in [0.717, 1.165) is 0 Å². The summed E-state index contributed by atoms with van der Waals surface area (Å²) in [7, 11) is 0. The van der Waals surface area contributed by atoms with Gasteiger partial charge in [-0.2, -0.15) is 0 Å². The Morgan fingerprint density at radius 1 is 1.06 bits per heavy atom. The number of nitrogens with two attached hydrogens (primary N) is 1. The molecule has 3 aliphatic rings. The van der Waals surface area contributed by atoms with Crippen molar-refractivity contribution in [1.29, 1.82) is 0 Å². The monoisotopic (exact) mass is 462 g/mol. The van der Waals surface area contributed by atoms with Crippen molar-refractivity contribution in [3.8, 4) is 0 Å². The lowest BCUT2D eigenvalue weighted by molar-refractivity contribution is -0.191. The van der Waals surface area contributed by atoms with Crippen LogP contribution in [0.2, 0.25) is 0 Å². The largest absolute Gasteiger partial charge is 0.382 e. The number of amides is 2. The number of rotatable bonds is 4. The first kappa shape index (κ1) is 20.9. The zero-order chi connectivity index (χ0) is 23.6. The molecule has 2 aromatic heterocycles. The van der Waals surface area contributed by atoms with Crippen molar-refractivity contribution >= 4 is 28.8 Å². The third kappa shape index (κ3) is 3.12. The number of imide groups is 1. The van der Waals surface area contributed by atoms with Gasteiger partial charge in [0.25, 0.3) is 11.8 Å². The van der Waals surface area contributed by atoms with Crippen LogP contribution in [-0.4, -0.2) is 66.9 Å². The Kier molecular flexibility index (Phi) is 4.56. The number of nitrogens with zero attached hydrogens (tertiary/aromatic N) is 5. The summed E-state index contributed by atoms with van der Waals surface area (Å²) in [6.45, 7) is 3.80. The average molecular weight is 462 g/mol. The molecule has 5 heterocycles. The smallest absolute Gasteiger partial charge is 0.261 e. The Bertz CT molecular complexity index is 1320. The average Bonchev–Trinajstić information content (AvgIpc) is 3.52. The number of hydrogen-bond acceptors (Lipinski definition) is 9. The quantitative estimate of drug-likeness (QED) is 0.454. The maximum Gasteiger partial charge on any atom is 0.261 e. The van der Waals surface area contributed by atoms with Crippen LogP contribution < -0.4 is 5.73 Å². The molecule has 11 nitrogen and oxygen atoms in total. The molecular formula is C23H22N6O5. The highest BCUT2D eigenvalue weighted by Gasteiger charge is 2.55. The summed E-state index contributed by atoms with van der Waals surface area (Å²) in [5.74, 6) is -1.15. The molecule has 174 valence electrons. The van der Waals surface area contributed by atoms with Gasteiger partial charge in [-0.1, -0.05) is 24.3 Å². The number of carbonyl (C=O) groups is 2. The van der Waals surface area contributed by atoms with Gasteiger partial charge in [0.15, 0.2) is 23.5 Å². The van der Waals surface area contributed by atoms with Crippen molar-refractivity contribution < 1.29 is 23.8 Å². The molecule has 4 atom stereocenters. The first-order valence-electron chi connectivity index (χ1n) is 10.9. The molecule has 0 spiro atoms. The van der Waals surface area contributed by atoms with Gasteiger partial charge in [-0.05, 0) is 26.0 Å². The maximum absolute atomic E-state index is 12.6. The number of fused-ring (bicyclic) bond motifs is 3. The standard InChI is InChI=1S/C23H22N6O5/c1-23(2)33-16-14(8-5-9-28-20(30)12-6-3-4-7-13(12)21(28)31)32-22(17(16)34-23)29-11-27-15-18(24)25-10-26-19(15)29/h3-8,10-11,14,16-17,22H,9H2,1-2H3,(H2,24,25,26). The number of anilines is 1. The second-order valence-corrected chi connectivity index (χ2v) is 8.83. The lowest BCUT2D eigenvalue weighted by atomic mass is 10.1. The predicted molar refractivity (Wildman–Crippen MR) is 118 cm³/mol. The molecular weight excluding hydrogens is 440 g/mol. The van der Waals surface area contributed by atoms with E-state index in [1.165, 1.54) is 11.2 Å². The van der Waals surface area contributed by atoms with E-state index < -0.39 is 30.3 Å². The number of imidazole rings is 1. The van der Waals surface area contributed by atoms with E-state index in [0.29, 0.717) is 22.3 Å². The highest BCUT2D eigenvalue weighted by molar-refractivity contribution is 6.21. The van der Waals surface area contributed by atoms with E-state index >= 15 is 0 Å². The zero-order valence-corrected chi connectivity index (χ0v) is 18.5. The number of aromatic nitrogens is 4. The van der Waals surface area contributed by atoms with E-state index in [2.05, 4.69) is 15.0 Å². The lowest BCUT2D eigenvalue weighted by Crippen LogP contribution is -2.31. The van der Waals surface area contributed by atoms with Gasteiger partial charge in [-0.3, -0.25) is 19.1 Å². The number of hydrogen-bond donors (Lipinski definition) is 1. The second-order valence-electron chi connectivity index (χ2n) is 8.83. The Hall–Kier alpha value is -3.67. The Balaban J connectivity index is 1.25. The molecule has 6 rings (SSSR count). The molecule has 0 saturated carbocycles. The minimum Gasteiger partial charge on any atom is -0.382 e. The summed E-state index contributed by atoms with van der Waals surface area (Å²) in [6, 6.07) is 6.80. The first-order chi connectivity index (χ1) is 16.3. The molecule has 0 aliphatic carbocycles. The van der Waals surface area contributed by atoms with Gasteiger partial charge in [0.1, 0.15) is 30.2 Å². The molecule has 4 unspecified atom stereocenters. The van der Waals surface area contributed by atoms with E-state index in [1.54, 1.807) is 47.3 Å². The third-order valence-electron chi connectivity index (χ3n) is 6.22. The van der Waals surface area contributed by atoms with Gasteiger partial charge in [-0.25, -0.2) is 15.0 Å². The fourth-order valence-corrected chi connectivity index (χ4v) is 4.75. The van der Waals surface area contributed by atoms with Crippen LogP contribution in [0.1, 0.15) is 40.8 Å². The van der Waals surface area contributed by atoms with Gasteiger partial charge < -0.3 is 19.9 Å². The molecule has 11 heteroatoms. The van der Waals surface area contributed by atoms with E-state index in [1.807, 2.05) is 13.8 Å². The normalized spacial score (nSPS) is 27.8. The van der Waals surface area contributed by atoms with Gasteiger partial charge in [0.05, 0.1) is 17.5 Å². The van der Waals surface area contributed by atoms with Crippen LogP contribution in [0, 0.1) is 0 Å². The third-order valence-corrected chi connectivity index (χ3v) is 6.22. The first-order valence-corrected chi connectivity index (χ1v) is 10.9. The molecule has 2 N–H and O–H groups in total. The van der Waals surface area contributed by atoms with Crippen molar-refractivity contribution in [3.05, 3.63) is 60.2 Å². The minimum atomic E-state index is -0.809. The molecule has 0 radical (unpaired) electrons. The van der Waals surface area contributed by atoms with Crippen molar-refractivity contribution in [2.24, 2.45) is 0 Å². The summed E-state index contributed by atoms with van der Waals surface area (Å²) >= 11 is 0. The van der Waals surface area contributed by atoms with Crippen molar-refractivity contribution in [2.45, 2.75) is 44.2 Å². The summed E-state index contributed by atoms with van der Waals surface area (Å²) in [5.41, 5.74) is 7.77. The Labute approximate surface area is 194 Å². The molecule has 2 saturated heterocycles. The van der Waals surface area contributed by atoms with Crippen molar-refractivity contribution in [2.75, 3.05) is 12.3 Å². The number of carbonyl (C=O) groups excluding carboxylic acids is 2. The number of benzene rings is 1. The molecule has 0 bridgehead atoms. The fraction of sp³-hybridized carbons (Fsp3) is 0.348. The molecule has 1 aromatic carbocycles. The van der Waals surface area contributed by atoms with Gasteiger partial charge >= 0.3 is 0 Å². The molecule has 2 fully saturated rings. The van der Waals surface area contributed by atoms with Crippen molar-refractivity contribution in [3.63, 3.8) is 0 Å². The van der Waals surface area contributed by atoms with Crippen LogP contribution in [0.3, 0.4) is 0 Å². The van der Waals surface area contributed by atoms with Gasteiger partial charge in [0.2, 0.25) is 0 Å². The summed E-state index contributed by atoms with van der Waals surface area (Å²) in [4.78, 5) is 39.1. The van der Waals surface area contributed by atoms with E-state index in [-0.39, 0.29) is 24.2 Å². The van der Waals surface area contributed by atoms with E-state index in [9.17, 15) is 9.59 Å². The van der Waals surface area contributed by atoms with Crippen LogP contribution >= 0.6 is 0 Å². The zero-order valence-electron chi connectivity index (χ0n) is 18.5. The van der Waals surface area contributed by atoms with Crippen LogP contribution in [0.5, 0.6) is 0 Å². The van der Waals surface area contributed by atoms with Crippen LogP contribution in [0.25, 0.3) is 11.2 Å². The van der Waals surface area contributed by atoms with Crippen molar-refractivity contribution in [1.82, 2.24) is 24.4 Å². The van der Waals surface area contributed by atoms with Crippen LogP contribution in [0.4, 0.5) is 5.82 Å². The van der Waals surface area contributed by atoms with Crippen LogP contribution in [0.15, 0.2) is 49.1 Å². The summed E-state index contributed by atoms with van der Waals surface area (Å²) in [6.07, 6.45) is 4.62. The lowest BCUT2D eigenvalue weighted by Gasteiger charge is -2.24. The highest BCUT2D eigenvalue weighted by Crippen LogP contribution is 2.44. The highest BCUT2D eigenvalue weighted by atomic mass is 16.8. The number of nitrogen functional groups attached to an aromatic ring is 1. The summed E-state index contributed by atoms with van der Waals surface area (Å²) < 4.78 is 20.3. The topological polar surface area (TPSA) is 135 Å². The van der Waals surface area contributed by atoms with Gasteiger partial charge in [-0.15, -0.1) is 0 Å². The Morgan fingerprint density at radius 3 is 2.50 bits per heavy atom. The SMILES string of the molecule is CC1(C)OC2C(C=CCN3C(=O)c4ccccc4C3=O)OC(n3cnc4c(N)ncnc43)C2O1. The second kappa shape index (κ2) is 7.42. The molecule has 3 aromatic rings. The Morgan fingerprint density at radius 2 is 1.76 bits per heavy atom. The molecule has 3 aliphatic heterocycles. The van der Waals surface area contributed by atoms with Gasteiger partial charge in [0, 0.05) is 6.54 Å². The van der Waals surface area contributed by atoms with E-state index in [4.69, 9.17) is 19.9 Å². The molecule has 2 amide bonds. The summed E-state index contributed by atoms with van der Waals surface area (Å²) in [5, 5.41) is 0. The van der Waals surface area contributed by atoms with Crippen LogP contribution in [-0.2, 0) is 14.2 Å².